The van der Waals surface area contributed by atoms with E-state index in [1.54, 1.807) is 0 Å². The third-order valence-corrected chi connectivity index (χ3v) is 20.1. The van der Waals surface area contributed by atoms with Gasteiger partial charge in [-0.25, -0.2) is 0 Å². The molecule has 0 saturated heterocycles. The van der Waals surface area contributed by atoms with Crippen molar-refractivity contribution < 1.29 is 0 Å². The van der Waals surface area contributed by atoms with Crippen molar-refractivity contribution in [3.8, 4) is 27.9 Å². The summed E-state index contributed by atoms with van der Waals surface area (Å²) < 4.78 is 5.03. The molecule has 0 amide bonds. The van der Waals surface area contributed by atoms with Gasteiger partial charge in [-0.2, -0.15) is 0 Å². The van der Waals surface area contributed by atoms with E-state index in [4.69, 9.17) is 0 Å². The van der Waals surface area contributed by atoms with Crippen LogP contribution < -0.4 is 25.6 Å². The van der Waals surface area contributed by atoms with Crippen LogP contribution in [-0.4, -0.2) is 12.6 Å². The summed E-state index contributed by atoms with van der Waals surface area (Å²) in [6, 6.07) is 103. The van der Waals surface area contributed by atoms with Crippen molar-refractivity contribution in [3.63, 3.8) is 0 Å². The molecule has 4 heteroatoms. The van der Waals surface area contributed by atoms with Crippen molar-refractivity contribution in [2.45, 2.75) is 0 Å². The van der Waals surface area contributed by atoms with Gasteiger partial charge >= 0.3 is 0 Å². The number of hydrogen-bond acceptors (Lipinski definition) is 2. The van der Waals surface area contributed by atoms with Crippen LogP contribution in [0.25, 0.3) is 69.9 Å². The van der Waals surface area contributed by atoms with E-state index < -0.39 is 8.07 Å². The molecular formula is C66H46N2SSi. The molecule has 0 spiro atoms. The Morgan fingerprint density at radius 2 is 0.800 bits per heavy atom. The van der Waals surface area contributed by atoms with Crippen LogP contribution in [0.4, 0.5) is 17.1 Å². The number of benzene rings is 11. The Kier molecular flexibility index (Phi) is 10.4. The van der Waals surface area contributed by atoms with Gasteiger partial charge in [0.1, 0.15) is 0 Å². The molecule has 0 aliphatic heterocycles. The molecule has 0 aliphatic rings. The van der Waals surface area contributed by atoms with Crippen LogP contribution in [0.15, 0.2) is 279 Å². The fourth-order valence-corrected chi connectivity index (χ4v) is 17.1. The number of para-hydroxylation sites is 2. The lowest BCUT2D eigenvalue weighted by atomic mass is 9.99. The maximum absolute atomic E-state index is 2.82. The summed E-state index contributed by atoms with van der Waals surface area (Å²) in [5, 5.41) is 10.5. The summed E-state index contributed by atoms with van der Waals surface area (Å²) in [7, 11) is -2.82. The average molecular weight is 927 g/mol. The quantitative estimate of drug-likeness (QED) is 0.0980. The van der Waals surface area contributed by atoms with Gasteiger partial charge in [-0.3, -0.25) is 0 Å². The Bertz CT molecular complexity index is 3880. The van der Waals surface area contributed by atoms with Gasteiger partial charge in [-0.05, 0) is 110 Å². The molecule has 0 bridgehead atoms. The smallest absolute Gasteiger partial charge is 0.179 e. The first-order valence-corrected chi connectivity index (χ1v) is 26.8. The first-order chi connectivity index (χ1) is 34.7. The standard InChI is InChI=1S/C66H46N2SSi/c1-5-20-49(21-6-1)68-62-35-15-13-31-61(62)65-57(32-19-36-63(65)68)47-38-42-50(43-39-47)67(51-44-40-48(41-45-51)58-33-18-34-60-59-30-14-16-37-64(59)69-66(58)60)52-22-17-29-56(46-52)70(53-23-7-2-8-24-53,54-25-9-3-10-26-54)55-27-11-4-12-28-55/h1-46H. The number of anilines is 3. The first-order valence-electron chi connectivity index (χ1n) is 24.0. The summed E-state index contributed by atoms with van der Waals surface area (Å²) >= 11 is 1.88. The Labute approximate surface area is 413 Å². The molecule has 330 valence electrons. The summed E-state index contributed by atoms with van der Waals surface area (Å²) in [5.41, 5.74) is 11.7. The lowest BCUT2D eigenvalue weighted by Gasteiger charge is -2.35. The summed E-state index contributed by atoms with van der Waals surface area (Å²) in [6.45, 7) is 0. The van der Waals surface area contributed by atoms with Crippen molar-refractivity contribution in [1.82, 2.24) is 4.57 Å². The minimum Gasteiger partial charge on any atom is -0.311 e. The van der Waals surface area contributed by atoms with Crippen LogP contribution in [0.2, 0.25) is 0 Å². The van der Waals surface area contributed by atoms with Gasteiger partial charge in [0, 0.05) is 53.7 Å². The Balaban J connectivity index is 0.986. The van der Waals surface area contributed by atoms with Crippen molar-refractivity contribution in [3.05, 3.63) is 279 Å². The molecule has 0 atom stereocenters. The van der Waals surface area contributed by atoms with Crippen molar-refractivity contribution >= 4 is 99.2 Å². The zero-order valence-corrected chi connectivity index (χ0v) is 40.2. The number of aromatic nitrogens is 1. The van der Waals surface area contributed by atoms with E-state index in [9.17, 15) is 0 Å². The maximum atomic E-state index is 2.47. The summed E-state index contributed by atoms with van der Waals surface area (Å²) in [5.74, 6) is 0. The van der Waals surface area contributed by atoms with Gasteiger partial charge in [0.2, 0.25) is 0 Å². The summed E-state index contributed by atoms with van der Waals surface area (Å²) in [6.07, 6.45) is 0. The third kappa shape index (κ3) is 6.91. The van der Waals surface area contributed by atoms with Crippen molar-refractivity contribution in [2.75, 3.05) is 4.90 Å². The van der Waals surface area contributed by atoms with Crippen molar-refractivity contribution in [1.29, 1.82) is 0 Å². The summed E-state index contributed by atoms with van der Waals surface area (Å²) in [4.78, 5) is 2.44. The molecule has 0 saturated carbocycles. The van der Waals surface area contributed by atoms with E-state index in [-0.39, 0.29) is 0 Å². The molecule has 70 heavy (non-hydrogen) atoms. The zero-order chi connectivity index (χ0) is 46.4. The molecule has 2 nitrogen and oxygen atoms in total. The number of hydrogen-bond donors (Lipinski definition) is 0. The average Bonchev–Trinajstić information content (AvgIpc) is 3.99. The zero-order valence-electron chi connectivity index (χ0n) is 38.4. The SMILES string of the molecule is c1ccc(-n2c3ccccc3c3c(-c4ccc(N(c5ccc(-c6cccc7c6sc6ccccc67)cc5)c5cccc([Si](c6ccccc6)(c6ccccc6)c6ccccc6)c5)cc4)cccc32)cc1. The molecule has 0 fully saturated rings. The molecule has 0 N–H and O–H groups in total. The van der Waals surface area contributed by atoms with Gasteiger partial charge in [-0.15, -0.1) is 11.3 Å². The topological polar surface area (TPSA) is 8.17 Å². The van der Waals surface area contributed by atoms with Crippen LogP contribution in [0, 0.1) is 0 Å². The normalized spacial score (nSPS) is 11.7. The molecule has 13 rings (SSSR count). The van der Waals surface area contributed by atoms with Gasteiger partial charge in [0.25, 0.3) is 0 Å². The van der Waals surface area contributed by atoms with Gasteiger partial charge < -0.3 is 9.47 Å². The molecule has 0 radical (unpaired) electrons. The highest BCUT2D eigenvalue weighted by molar-refractivity contribution is 7.26. The van der Waals surface area contributed by atoms with E-state index in [0.29, 0.717) is 0 Å². The van der Waals surface area contributed by atoms with Gasteiger partial charge in [-0.1, -0.05) is 212 Å². The molecule has 2 heterocycles. The van der Waals surface area contributed by atoms with Crippen LogP contribution in [0.3, 0.4) is 0 Å². The minimum absolute atomic E-state index is 1.09. The van der Waals surface area contributed by atoms with E-state index in [1.165, 1.54) is 85.0 Å². The lowest BCUT2D eigenvalue weighted by molar-refractivity contribution is 1.18. The fourth-order valence-electron chi connectivity index (χ4n) is 11.1. The highest BCUT2D eigenvalue weighted by Gasteiger charge is 2.41. The molecule has 0 unspecified atom stereocenters. The maximum Gasteiger partial charge on any atom is 0.179 e. The van der Waals surface area contributed by atoms with Crippen molar-refractivity contribution in [2.24, 2.45) is 0 Å². The third-order valence-electron chi connectivity index (χ3n) is 14.1. The monoisotopic (exact) mass is 926 g/mol. The van der Waals surface area contributed by atoms with E-state index in [0.717, 1.165) is 22.7 Å². The predicted octanol–water partition coefficient (Wildman–Crippen LogP) is 15.3. The number of thiophene rings is 1. The molecule has 2 aromatic heterocycles. The first kappa shape index (κ1) is 41.6. The molecule has 13 aromatic rings. The van der Waals surface area contributed by atoms with Crippen LogP contribution in [-0.2, 0) is 0 Å². The van der Waals surface area contributed by atoms with Crippen LogP contribution in [0.5, 0.6) is 0 Å². The highest BCUT2D eigenvalue weighted by atomic mass is 32.1. The molecule has 11 aromatic carbocycles. The number of rotatable bonds is 10. The van der Waals surface area contributed by atoms with Crippen LogP contribution >= 0.6 is 11.3 Å². The number of fused-ring (bicyclic) bond motifs is 6. The van der Waals surface area contributed by atoms with E-state index in [1.807, 2.05) is 11.3 Å². The molecular weight excluding hydrogens is 881 g/mol. The lowest BCUT2D eigenvalue weighted by Crippen LogP contribution is -2.74. The predicted molar refractivity (Wildman–Crippen MR) is 303 cm³/mol. The minimum atomic E-state index is -2.82. The fraction of sp³-hybridized carbons (Fsp3) is 0. The van der Waals surface area contributed by atoms with Gasteiger partial charge in [0.05, 0.1) is 11.0 Å². The highest BCUT2D eigenvalue weighted by Crippen LogP contribution is 2.43. The Hall–Kier alpha value is -8.54. The second kappa shape index (κ2) is 17.5. The number of nitrogens with zero attached hydrogens (tertiary/aromatic N) is 2. The second-order valence-electron chi connectivity index (χ2n) is 18.0. The van der Waals surface area contributed by atoms with Gasteiger partial charge in [0.15, 0.2) is 8.07 Å². The van der Waals surface area contributed by atoms with E-state index in [2.05, 4.69) is 289 Å². The molecule has 0 aliphatic carbocycles. The van der Waals surface area contributed by atoms with Crippen LogP contribution in [0.1, 0.15) is 0 Å². The Morgan fingerprint density at radius 1 is 0.329 bits per heavy atom. The second-order valence-corrected chi connectivity index (χ2v) is 22.9. The largest absolute Gasteiger partial charge is 0.311 e. The van der Waals surface area contributed by atoms with E-state index >= 15 is 0 Å². The Morgan fingerprint density at radius 3 is 1.44 bits per heavy atom.